The third-order valence-electron chi connectivity index (χ3n) is 3.38. The first-order valence-corrected chi connectivity index (χ1v) is 9.97. The van der Waals surface area contributed by atoms with E-state index in [-0.39, 0.29) is 11.0 Å². The normalized spacial score (nSPS) is 18.6. The number of allylic oxidation sites excluding steroid dienone is 4. The largest absolute Gasteiger partial charge is 0.457 e. The van der Waals surface area contributed by atoms with Gasteiger partial charge in [0.2, 0.25) is 0 Å². The fourth-order valence-electron chi connectivity index (χ4n) is 1.82. The fourth-order valence-corrected chi connectivity index (χ4v) is 4.29. The molecule has 1 aliphatic heterocycles. The summed E-state index contributed by atoms with van der Waals surface area (Å²) in [7, 11) is -3.19. The minimum Gasteiger partial charge on any atom is -0.457 e. The maximum atomic E-state index is 12.1. The summed E-state index contributed by atoms with van der Waals surface area (Å²) in [6.45, 7) is 5.78. The van der Waals surface area contributed by atoms with Crippen molar-refractivity contribution in [1.29, 1.82) is 0 Å². The predicted molar refractivity (Wildman–Crippen MR) is 97.0 cm³/mol. The molecule has 1 fully saturated rings. The van der Waals surface area contributed by atoms with Crippen molar-refractivity contribution in [2.24, 2.45) is 5.73 Å². The number of benzene rings is 1. The molecule has 0 radical (unpaired) electrons. The Morgan fingerprint density at radius 2 is 2.04 bits per heavy atom. The molecule has 1 saturated heterocycles. The smallest absolute Gasteiger partial charge is 0.175 e. The Balaban J connectivity index is 2.07. The summed E-state index contributed by atoms with van der Waals surface area (Å²) in [6, 6.07) is 7.40. The molecule has 0 aliphatic carbocycles. The molecule has 1 aromatic carbocycles. The topological polar surface area (TPSA) is 69.4 Å². The van der Waals surface area contributed by atoms with Crippen molar-refractivity contribution in [3.63, 3.8) is 0 Å². The van der Waals surface area contributed by atoms with E-state index in [0.717, 1.165) is 11.3 Å². The first-order valence-electron chi connectivity index (χ1n) is 7.27. The quantitative estimate of drug-likeness (QED) is 0.443. The van der Waals surface area contributed by atoms with Crippen LogP contribution in [0.1, 0.15) is 12.5 Å². The van der Waals surface area contributed by atoms with Crippen LogP contribution in [0.4, 0.5) is 0 Å². The van der Waals surface area contributed by atoms with Gasteiger partial charge in [0.05, 0.1) is 5.75 Å². The first-order chi connectivity index (χ1) is 10.9. The van der Waals surface area contributed by atoms with Crippen molar-refractivity contribution in [1.82, 2.24) is 0 Å². The number of sulfone groups is 1. The molecule has 4 nitrogen and oxygen atoms in total. The van der Waals surface area contributed by atoms with Crippen LogP contribution in [0.3, 0.4) is 0 Å². The molecule has 0 aromatic heterocycles. The Kier molecular flexibility index (Phi) is 6.10. The highest BCUT2D eigenvalue weighted by Crippen LogP contribution is 2.32. The molecule has 1 aliphatic rings. The molecule has 1 aromatic rings. The minimum absolute atomic E-state index is 0.207. The lowest BCUT2D eigenvalue weighted by Gasteiger charge is -2.07. The van der Waals surface area contributed by atoms with E-state index < -0.39 is 9.84 Å². The van der Waals surface area contributed by atoms with Gasteiger partial charge in [-0.3, -0.25) is 0 Å². The predicted octanol–water partition coefficient (Wildman–Crippen LogP) is 3.03. The molecule has 2 N–H and O–H groups in total. The fraction of sp³-hybridized carbons (Fsp3) is 0.294. The molecule has 2 rings (SSSR count). The molecule has 0 bridgehead atoms. The van der Waals surface area contributed by atoms with Gasteiger partial charge in [-0.05, 0) is 42.8 Å². The van der Waals surface area contributed by atoms with Crippen molar-refractivity contribution in [2.45, 2.75) is 18.7 Å². The maximum absolute atomic E-state index is 12.1. The highest BCUT2D eigenvalue weighted by molar-refractivity contribution is 8.08. The summed E-state index contributed by atoms with van der Waals surface area (Å²) in [6.07, 6.45) is 4.73. The molecule has 1 atom stereocenters. The van der Waals surface area contributed by atoms with E-state index in [0.29, 0.717) is 23.0 Å². The second-order valence-corrected chi connectivity index (χ2v) is 8.78. The van der Waals surface area contributed by atoms with Crippen LogP contribution < -0.4 is 10.5 Å². The Labute approximate surface area is 142 Å². The van der Waals surface area contributed by atoms with Gasteiger partial charge in [-0.25, -0.2) is 8.42 Å². The summed E-state index contributed by atoms with van der Waals surface area (Å²) in [5.74, 6) is 2.28. The zero-order valence-corrected chi connectivity index (χ0v) is 14.7. The van der Waals surface area contributed by atoms with Gasteiger partial charge in [0.15, 0.2) is 9.84 Å². The maximum Gasteiger partial charge on any atom is 0.175 e. The molecule has 23 heavy (non-hydrogen) atoms. The zero-order valence-electron chi connectivity index (χ0n) is 13.1. The monoisotopic (exact) mass is 351 g/mol. The Morgan fingerprint density at radius 1 is 1.39 bits per heavy atom. The van der Waals surface area contributed by atoms with Crippen molar-refractivity contribution in [2.75, 3.05) is 11.5 Å². The van der Waals surface area contributed by atoms with Gasteiger partial charge in [-0.2, -0.15) is 11.8 Å². The number of hydrogen-bond acceptors (Lipinski definition) is 5. The van der Waals surface area contributed by atoms with Crippen LogP contribution in [0, 0.1) is 0 Å². The summed E-state index contributed by atoms with van der Waals surface area (Å²) < 4.78 is 29.9. The van der Waals surface area contributed by atoms with Crippen molar-refractivity contribution in [3.05, 3.63) is 65.3 Å². The van der Waals surface area contributed by atoms with Gasteiger partial charge in [0.25, 0.3) is 0 Å². The third-order valence-corrected chi connectivity index (χ3v) is 6.52. The lowest BCUT2D eigenvalue weighted by molar-refractivity contribution is 0.444. The van der Waals surface area contributed by atoms with E-state index in [1.165, 1.54) is 0 Å². The van der Waals surface area contributed by atoms with Crippen LogP contribution in [0.25, 0.3) is 0 Å². The van der Waals surface area contributed by atoms with Gasteiger partial charge >= 0.3 is 0 Å². The molecular formula is C17H21NO3S2. The molecule has 124 valence electrons. The summed E-state index contributed by atoms with van der Waals surface area (Å²) in [4.78, 5) is 0.339. The van der Waals surface area contributed by atoms with E-state index in [4.69, 9.17) is 10.5 Å². The molecular weight excluding hydrogens is 330 g/mol. The summed E-state index contributed by atoms with van der Waals surface area (Å²) in [5.41, 5.74) is 6.57. The highest BCUT2D eigenvalue weighted by Gasteiger charge is 2.29. The standard InChI is InChI=1S/C17H21NO3S2/c1-3-15(21-16-8-5-14(10-18)6-9-16)7-4-13(2)23(19,20)12-17-11-22-17/h3-9,17H,1,10-12,18H2,2H3/b13-4+,15-7+. The van der Waals surface area contributed by atoms with Crippen molar-refractivity contribution >= 4 is 21.6 Å². The molecule has 1 unspecified atom stereocenters. The third kappa shape index (κ3) is 5.57. The second kappa shape index (κ2) is 7.86. The summed E-state index contributed by atoms with van der Waals surface area (Å²) in [5, 5.41) is 0.253. The van der Waals surface area contributed by atoms with Crippen LogP contribution in [-0.2, 0) is 16.4 Å². The first kappa shape index (κ1) is 17.8. The van der Waals surface area contributed by atoms with Gasteiger partial charge in [-0.15, -0.1) is 0 Å². The number of rotatable bonds is 8. The second-order valence-electron chi connectivity index (χ2n) is 5.24. The van der Waals surface area contributed by atoms with E-state index >= 15 is 0 Å². The van der Waals surface area contributed by atoms with Crippen LogP contribution in [0.2, 0.25) is 0 Å². The SMILES string of the molecule is C=C/C(=C\C=C(/C)S(=O)(=O)CC1CS1)Oc1ccc(CN)cc1. The van der Waals surface area contributed by atoms with Crippen LogP contribution in [-0.4, -0.2) is 25.2 Å². The van der Waals surface area contributed by atoms with Gasteiger partial charge < -0.3 is 10.5 Å². The van der Waals surface area contributed by atoms with Crippen molar-refractivity contribution < 1.29 is 13.2 Å². The highest BCUT2D eigenvalue weighted by atomic mass is 32.2. The number of nitrogens with two attached hydrogens (primary N) is 1. The molecule has 1 heterocycles. The summed E-state index contributed by atoms with van der Waals surface area (Å²) >= 11 is 1.67. The number of ether oxygens (including phenoxy) is 1. The van der Waals surface area contributed by atoms with Crippen LogP contribution in [0.5, 0.6) is 5.75 Å². The van der Waals surface area contributed by atoms with Crippen LogP contribution >= 0.6 is 11.8 Å². The van der Waals surface area contributed by atoms with Crippen molar-refractivity contribution in [3.8, 4) is 5.75 Å². The number of thioether (sulfide) groups is 1. The Bertz CT molecular complexity index is 715. The van der Waals surface area contributed by atoms with Gasteiger partial charge in [0, 0.05) is 22.5 Å². The lowest BCUT2D eigenvalue weighted by Crippen LogP contribution is -2.11. The van der Waals surface area contributed by atoms with Gasteiger partial charge in [-0.1, -0.05) is 18.7 Å². The van der Waals surface area contributed by atoms with Crippen LogP contribution in [0.15, 0.2) is 59.7 Å². The van der Waals surface area contributed by atoms with E-state index in [1.54, 1.807) is 36.9 Å². The van der Waals surface area contributed by atoms with Gasteiger partial charge in [0.1, 0.15) is 11.5 Å². The molecule has 0 saturated carbocycles. The zero-order chi connectivity index (χ0) is 16.9. The van der Waals surface area contributed by atoms with E-state index in [9.17, 15) is 8.42 Å². The number of hydrogen-bond donors (Lipinski definition) is 1. The lowest BCUT2D eigenvalue weighted by atomic mass is 10.2. The molecule has 0 amide bonds. The molecule has 0 spiro atoms. The Morgan fingerprint density at radius 3 is 2.57 bits per heavy atom. The van der Waals surface area contributed by atoms with E-state index in [1.807, 2.05) is 24.3 Å². The van der Waals surface area contributed by atoms with E-state index in [2.05, 4.69) is 6.58 Å². The Hall–Kier alpha value is -1.50. The average molecular weight is 351 g/mol. The average Bonchev–Trinajstić information content (AvgIpc) is 3.34. The molecule has 6 heteroatoms. The minimum atomic E-state index is -3.19.